The summed E-state index contributed by atoms with van der Waals surface area (Å²) in [7, 11) is 0.619. The number of nitrogens with zero attached hydrogens (tertiary/aromatic N) is 2. The fourth-order valence-electron chi connectivity index (χ4n) is 4.19. The van der Waals surface area contributed by atoms with Crippen LogP contribution in [0.1, 0.15) is 11.1 Å². The van der Waals surface area contributed by atoms with Crippen LogP contribution in [-0.2, 0) is 7.05 Å². The number of benzene rings is 2. The van der Waals surface area contributed by atoms with E-state index in [1.807, 2.05) is 18.2 Å². The van der Waals surface area contributed by atoms with Gasteiger partial charge in [-0.25, -0.2) is 9.41 Å². The third-order valence-corrected chi connectivity index (χ3v) is 7.67. The van der Waals surface area contributed by atoms with Gasteiger partial charge < -0.3 is 4.42 Å². The predicted octanol–water partition coefficient (Wildman–Crippen LogP) is 5.79. The van der Waals surface area contributed by atoms with Crippen LogP contribution >= 0.6 is 0 Å². The molecule has 0 unspecified atom stereocenters. The van der Waals surface area contributed by atoms with Crippen molar-refractivity contribution in [1.82, 2.24) is 0 Å². The molecule has 0 N–H and O–H groups in total. The lowest BCUT2D eigenvalue weighted by Crippen LogP contribution is -2.44. The summed E-state index contributed by atoms with van der Waals surface area (Å²) in [4.78, 5) is 3.65. The van der Waals surface area contributed by atoms with E-state index in [9.17, 15) is 0 Å². The normalized spacial score (nSPS) is 11.9. The molecule has 4 rings (SSSR count). The maximum atomic E-state index is 7.48. The molecule has 0 atom stereocenters. The first-order chi connectivity index (χ1) is 13.2. The van der Waals surface area contributed by atoms with Crippen LogP contribution in [0.15, 0.2) is 47.0 Å². The number of rotatable bonds is 2. The monoisotopic (exact) mass is 385 g/mol. The Bertz CT molecular complexity index is 1290. The van der Waals surface area contributed by atoms with Gasteiger partial charge in [0.05, 0.1) is 20.2 Å². The molecule has 0 aliphatic rings. The minimum atomic E-state index is -1.48. The van der Waals surface area contributed by atoms with Crippen molar-refractivity contribution in [1.29, 1.82) is 0 Å². The van der Waals surface area contributed by atoms with E-state index in [1.165, 1.54) is 16.3 Å². The molecular weight excluding hydrogens is 360 g/mol. The molecule has 4 aromatic rings. The summed E-state index contributed by atoms with van der Waals surface area (Å²) in [5, 5.41) is 3.54. The van der Waals surface area contributed by atoms with E-state index in [2.05, 4.69) is 74.3 Å². The lowest BCUT2D eigenvalue weighted by molar-refractivity contribution is -0.660. The minimum Gasteiger partial charge on any atom is -0.466 e. The average Bonchev–Trinajstić information content (AvgIpc) is 3.00. The van der Waals surface area contributed by atoms with Crippen LogP contribution < -0.4 is 9.75 Å². The first-order valence-corrected chi connectivity index (χ1v) is 13.1. The zero-order chi connectivity index (χ0) is 20.2. The maximum Gasteiger partial charge on any atom is 0.229 e. The zero-order valence-corrected chi connectivity index (χ0v) is 18.3. The lowest BCUT2D eigenvalue weighted by atomic mass is 10.00. The van der Waals surface area contributed by atoms with Crippen molar-refractivity contribution in [3.8, 4) is 11.3 Å². The molecule has 0 spiro atoms. The number of hydrogen-bond donors (Lipinski definition) is 0. The molecular formula is C24H25N2OSi+. The molecule has 0 saturated heterocycles. The third-order valence-electron chi connectivity index (χ3n) is 5.51. The Morgan fingerprint density at radius 2 is 1.68 bits per heavy atom. The largest absolute Gasteiger partial charge is 0.466 e. The summed E-state index contributed by atoms with van der Waals surface area (Å²) in [6.07, 6.45) is 2.23. The van der Waals surface area contributed by atoms with Crippen LogP contribution in [0, 0.1) is 20.4 Å². The highest BCUT2D eigenvalue weighted by Crippen LogP contribution is 2.40. The quantitative estimate of drug-likeness (QED) is 0.243. The Kier molecular flexibility index (Phi) is 4.17. The lowest BCUT2D eigenvalue weighted by Gasteiger charge is -2.19. The fourth-order valence-corrected chi connectivity index (χ4v) is 6.01. The molecule has 140 valence electrons. The Balaban J connectivity index is 2.13. The van der Waals surface area contributed by atoms with Gasteiger partial charge in [-0.2, -0.15) is 0 Å². The standard InChI is InChI=1S/C24H25N2OSi/c1-15-11-12-18-17-9-8-10-19(25-3)23(17)27-24(18)22(15)20-13-21(28(5,6)7)16(2)14-26(20)4/h8-14H,1-2,4-7H3/q+1. The molecule has 0 radical (unpaired) electrons. The van der Waals surface area contributed by atoms with Crippen molar-refractivity contribution in [2.24, 2.45) is 7.05 Å². The molecule has 2 aromatic carbocycles. The Morgan fingerprint density at radius 3 is 2.36 bits per heavy atom. The number of aromatic nitrogens is 1. The molecule has 0 fully saturated rings. The smallest absolute Gasteiger partial charge is 0.229 e. The number of furan rings is 1. The predicted molar refractivity (Wildman–Crippen MR) is 119 cm³/mol. The topological polar surface area (TPSA) is 21.4 Å². The van der Waals surface area contributed by atoms with Crippen LogP contribution in [-0.4, -0.2) is 8.07 Å². The van der Waals surface area contributed by atoms with E-state index < -0.39 is 8.07 Å². The number of aryl methyl sites for hydroxylation is 3. The number of fused-ring (bicyclic) bond motifs is 3. The third kappa shape index (κ3) is 2.74. The molecule has 0 bridgehead atoms. The van der Waals surface area contributed by atoms with Gasteiger partial charge in [-0.1, -0.05) is 50.0 Å². The summed E-state index contributed by atoms with van der Waals surface area (Å²) in [6.45, 7) is 19.0. The highest BCUT2D eigenvalue weighted by Gasteiger charge is 2.27. The van der Waals surface area contributed by atoms with E-state index in [1.54, 1.807) is 0 Å². The SMILES string of the molecule is [C-]#[N+]c1cccc2c1oc1c(-c3cc([Si](C)(C)C)c(C)c[n+]3C)c(C)ccc12. The molecule has 0 amide bonds. The molecule has 0 aliphatic carbocycles. The van der Waals surface area contributed by atoms with Crippen molar-refractivity contribution in [3.05, 3.63) is 65.1 Å². The van der Waals surface area contributed by atoms with Crippen LogP contribution in [0.3, 0.4) is 0 Å². The summed E-state index contributed by atoms with van der Waals surface area (Å²) in [5.41, 5.74) is 6.91. The highest BCUT2D eigenvalue weighted by molar-refractivity contribution is 6.89. The van der Waals surface area contributed by atoms with Crippen molar-refractivity contribution in [2.45, 2.75) is 33.5 Å². The van der Waals surface area contributed by atoms with E-state index in [4.69, 9.17) is 11.0 Å². The van der Waals surface area contributed by atoms with Crippen LogP contribution in [0.25, 0.3) is 38.0 Å². The van der Waals surface area contributed by atoms with Gasteiger partial charge in [-0.15, -0.1) is 0 Å². The van der Waals surface area contributed by atoms with E-state index >= 15 is 0 Å². The van der Waals surface area contributed by atoms with Crippen molar-refractivity contribution >= 4 is 40.9 Å². The Hall–Kier alpha value is -2.90. The molecule has 4 heteroatoms. The first-order valence-electron chi connectivity index (χ1n) is 9.56. The van der Waals surface area contributed by atoms with Crippen LogP contribution in [0.2, 0.25) is 19.6 Å². The van der Waals surface area contributed by atoms with Crippen LogP contribution in [0.5, 0.6) is 0 Å². The second-order valence-electron chi connectivity index (χ2n) is 8.62. The zero-order valence-electron chi connectivity index (χ0n) is 17.3. The Morgan fingerprint density at radius 1 is 0.964 bits per heavy atom. The first kappa shape index (κ1) is 18.5. The van der Waals surface area contributed by atoms with Crippen molar-refractivity contribution in [2.75, 3.05) is 0 Å². The van der Waals surface area contributed by atoms with Crippen molar-refractivity contribution in [3.63, 3.8) is 0 Å². The van der Waals surface area contributed by atoms with Crippen LogP contribution in [0.4, 0.5) is 5.69 Å². The van der Waals surface area contributed by atoms with E-state index in [0.29, 0.717) is 11.3 Å². The molecule has 2 heterocycles. The molecule has 3 nitrogen and oxygen atoms in total. The van der Waals surface area contributed by atoms with Gasteiger partial charge in [0.1, 0.15) is 18.2 Å². The summed E-state index contributed by atoms with van der Waals surface area (Å²) < 4.78 is 8.53. The molecule has 2 aromatic heterocycles. The van der Waals surface area contributed by atoms with Gasteiger partial charge in [0.2, 0.25) is 11.4 Å². The van der Waals surface area contributed by atoms with Gasteiger partial charge in [-0.05, 0) is 24.6 Å². The van der Waals surface area contributed by atoms with Crippen molar-refractivity contribution < 1.29 is 8.98 Å². The number of hydrogen-bond acceptors (Lipinski definition) is 1. The van der Waals surface area contributed by atoms with Gasteiger partial charge >= 0.3 is 0 Å². The van der Waals surface area contributed by atoms with E-state index in [0.717, 1.165) is 27.6 Å². The second-order valence-corrected chi connectivity index (χ2v) is 13.7. The molecule has 0 aliphatic heterocycles. The Labute approximate surface area is 167 Å². The second kappa shape index (κ2) is 6.32. The van der Waals surface area contributed by atoms with Gasteiger partial charge in [-0.3, -0.25) is 0 Å². The summed E-state index contributed by atoms with van der Waals surface area (Å²) in [6, 6.07) is 12.4. The number of pyridine rings is 1. The maximum absolute atomic E-state index is 7.48. The summed E-state index contributed by atoms with van der Waals surface area (Å²) in [5.74, 6) is 0. The average molecular weight is 386 g/mol. The fraction of sp³-hybridized carbons (Fsp3) is 0.250. The minimum absolute atomic E-state index is 0.563. The number of para-hydroxylation sites is 1. The highest BCUT2D eigenvalue weighted by atomic mass is 28.3. The molecule has 28 heavy (non-hydrogen) atoms. The van der Waals surface area contributed by atoms with Gasteiger partial charge in [0, 0.05) is 22.4 Å². The van der Waals surface area contributed by atoms with E-state index in [-0.39, 0.29) is 0 Å². The van der Waals surface area contributed by atoms with Gasteiger partial charge in [0.15, 0.2) is 6.20 Å². The van der Waals surface area contributed by atoms with Gasteiger partial charge in [0.25, 0.3) is 0 Å². The summed E-state index contributed by atoms with van der Waals surface area (Å²) >= 11 is 0. The molecule has 0 saturated carbocycles.